The Morgan fingerprint density at radius 2 is 2.12 bits per heavy atom. The van der Waals surface area contributed by atoms with Gasteiger partial charge in [0.2, 0.25) is 6.29 Å². The Morgan fingerprint density at radius 1 is 1.42 bits per heavy atom. The minimum atomic E-state index is -0.897. The minimum Gasteiger partial charge on any atom is -0.456 e. The quantitative estimate of drug-likeness (QED) is 0.566. The SMILES string of the molecule is C=CCCC(C)OC1OC(C)C(OC(=O)c2ccccc2)CC1=O. The van der Waals surface area contributed by atoms with E-state index in [9.17, 15) is 9.59 Å². The number of hydrogen-bond donors (Lipinski definition) is 0. The van der Waals surface area contributed by atoms with E-state index in [4.69, 9.17) is 14.2 Å². The largest absolute Gasteiger partial charge is 0.456 e. The summed E-state index contributed by atoms with van der Waals surface area (Å²) in [6.07, 6.45) is 1.48. The number of hydrogen-bond acceptors (Lipinski definition) is 5. The summed E-state index contributed by atoms with van der Waals surface area (Å²) in [5.41, 5.74) is 0.452. The number of Topliss-reactive ketones (excluding diaryl/α,β-unsaturated/α-hetero) is 1. The summed E-state index contributed by atoms with van der Waals surface area (Å²) in [6, 6.07) is 8.69. The molecule has 24 heavy (non-hydrogen) atoms. The van der Waals surface area contributed by atoms with Crippen LogP contribution in [0.4, 0.5) is 0 Å². The average Bonchev–Trinajstić information content (AvgIpc) is 2.58. The zero-order valence-electron chi connectivity index (χ0n) is 14.1. The van der Waals surface area contributed by atoms with Crippen LogP contribution in [0, 0.1) is 0 Å². The van der Waals surface area contributed by atoms with Crippen molar-refractivity contribution >= 4 is 11.8 Å². The molecule has 1 aliphatic heterocycles. The van der Waals surface area contributed by atoms with Crippen LogP contribution in [0.25, 0.3) is 0 Å². The third-order valence-corrected chi connectivity index (χ3v) is 3.93. The summed E-state index contributed by atoms with van der Waals surface area (Å²) >= 11 is 0. The van der Waals surface area contributed by atoms with Crippen LogP contribution in [-0.2, 0) is 19.0 Å². The molecule has 0 saturated carbocycles. The molecule has 0 aromatic heterocycles. The van der Waals surface area contributed by atoms with Crippen LogP contribution in [0.3, 0.4) is 0 Å². The van der Waals surface area contributed by atoms with Crippen molar-refractivity contribution in [2.45, 2.75) is 57.7 Å². The molecule has 0 aliphatic carbocycles. The summed E-state index contributed by atoms with van der Waals surface area (Å²) in [4.78, 5) is 24.3. The van der Waals surface area contributed by atoms with E-state index in [1.165, 1.54) is 0 Å². The van der Waals surface area contributed by atoms with Crippen LogP contribution in [0.15, 0.2) is 43.0 Å². The maximum absolute atomic E-state index is 12.2. The van der Waals surface area contributed by atoms with Crippen LogP contribution in [0.5, 0.6) is 0 Å². The Balaban J connectivity index is 1.89. The fourth-order valence-electron chi connectivity index (χ4n) is 2.48. The molecule has 4 atom stereocenters. The zero-order chi connectivity index (χ0) is 17.5. The van der Waals surface area contributed by atoms with Crippen LogP contribution in [0.2, 0.25) is 0 Å². The summed E-state index contributed by atoms with van der Waals surface area (Å²) < 4.78 is 16.7. The lowest BCUT2D eigenvalue weighted by Gasteiger charge is -2.34. The van der Waals surface area contributed by atoms with Gasteiger partial charge in [-0.05, 0) is 38.8 Å². The van der Waals surface area contributed by atoms with Crippen molar-refractivity contribution < 1.29 is 23.8 Å². The van der Waals surface area contributed by atoms with Crippen molar-refractivity contribution in [3.05, 3.63) is 48.6 Å². The summed E-state index contributed by atoms with van der Waals surface area (Å²) in [5, 5.41) is 0. The van der Waals surface area contributed by atoms with Gasteiger partial charge in [-0.2, -0.15) is 0 Å². The van der Waals surface area contributed by atoms with Crippen molar-refractivity contribution in [1.82, 2.24) is 0 Å². The van der Waals surface area contributed by atoms with Crippen LogP contribution >= 0.6 is 0 Å². The molecular formula is C19H24O5. The van der Waals surface area contributed by atoms with Crippen molar-refractivity contribution in [3.8, 4) is 0 Å². The van der Waals surface area contributed by atoms with Gasteiger partial charge in [0.05, 0.1) is 24.2 Å². The van der Waals surface area contributed by atoms with Gasteiger partial charge in [0.1, 0.15) is 6.10 Å². The summed E-state index contributed by atoms with van der Waals surface area (Å²) in [7, 11) is 0. The first-order valence-corrected chi connectivity index (χ1v) is 8.21. The van der Waals surface area contributed by atoms with E-state index in [0.29, 0.717) is 5.56 Å². The van der Waals surface area contributed by atoms with Gasteiger partial charge in [-0.3, -0.25) is 4.79 Å². The molecule has 4 unspecified atom stereocenters. The zero-order valence-corrected chi connectivity index (χ0v) is 14.1. The van der Waals surface area contributed by atoms with E-state index in [1.807, 2.05) is 19.1 Å². The highest BCUT2D eigenvalue weighted by Crippen LogP contribution is 2.23. The molecule has 1 fully saturated rings. The number of ether oxygens (including phenoxy) is 3. The number of allylic oxidation sites excluding steroid dienone is 1. The molecule has 1 aliphatic rings. The lowest BCUT2D eigenvalue weighted by molar-refractivity contribution is -0.222. The van der Waals surface area contributed by atoms with Gasteiger partial charge in [-0.15, -0.1) is 6.58 Å². The first-order valence-electron chi connectivity index (χ1n) is 8.21. The molecular weight excluding hydrogens is 308 g/mol. The fraction of sp³-hybridized carbons (Fsp3) is 0.474. The Bertz CT molecular complexity index is 568. The van der Waals surface area contributed by atoms with Gasteiger partial charge in [0, 0.05) is 0 Å². The first-order chi connectivity index (χ1) is 11.5. The van der Waals surface area contributed by atoms with E-state index in [1.54, 1.807) is 31.2 Å². The van der Waals surface area contributed by atoms with Gasteiger partial charge in [-0.1, -0.05) is 24.3 Å². The number of rotatable bonds is 7. The van der Waals surface area contributed by atoms with Gasteiger partial charge in [0.15, 0.2) is 5.78 Å². The smallest absolute Gasteiger partial charge is 0.338 e. The number of carbonyl (C=O) groups excluding carboxylic acids is 2. The van der Waals surface area contributed by atoms with E-state index in [0.717, 1.165) is 12.8 Å². The predicted octanol–water partition coefficient (Wildman–Crippen LogP) is 3.29. The number of ketones is 1. The Morgan fingerprint density at radius 3 is 2.79 bits per heavy atom. The van der Waals surface area contributed by atoms with Gasteiger partial charge in [-0.25, -0.2) is 4.79 Å². The second-order valence-corrected chi connectivity index (χ2v) is 5.97. The van der Waals surface area contributed by atoms with Crippen molar-refractivity contribution in [2.24, 2.45) is 0 Å². The molecule has 1 aromatic carbocycles. The summed E-state index contributed by atoms with van der Waals surface area (Å²) in [6.45, 7) is 7.34. The highest BCUT2D eigenvalue weighted by Gasteiger charge is 2.38. The van der Waals surface area contributed by atoms with Gasteiger partial charge < -0.3 is 14.2 Å². The standard InChI is InChI=1S/C19H24O5/c1-4-5-9-13(2)22-19-16(20)12-17(14(3)23-19)24-18(21)15-10-7-6-8-11-15/h4,6-8,10-11,13-14,17,19H,1,5,9,12H2,2-3H3. The molecule has 1 heterocycles. The lowest BCUT2D eigenvalue weighted by atomic mass is 10.0. The first kappa shape index (κ1) is 18.4. The molecule has 1 aromatic rings. The molecule has 0 radical (unpaired) electrons. The average molecular weight is 332 g/mol. The van der Waals surface area contributed by atoms with Gasteiger partial charge in [0.25, 0.3) is 0 Å². The molecule has 130 valence electrons. The van der Waals surface area contributed by atoms with Crippen molar-refractivity contribution in [2.75, 3.05) is 0 Å². The maximum Gasteiger partial charge on any atom is 0.338 e. The fourth-order valence-corrected chi connectivity index (χ4v) is 2.48. The maximum atomic E-state index is 12.2. The molecule has 5 nitrogen and oxygen atoms in total. The number of benzene rings is 1. The number of esters is 1. The van der Waals surface area contributed by atoms with Gasteiger partial charge >= 0.3 is 5.97 Å². The molecule has 0 bridgehead atoms. The third kappa shape index (κ3) is 5.01. The Labute approximate surface area is 142 Å². The number of carbonyl (C=O) groups is 2. The van der Waals surface area contributed by atoms with Crippen LogP contribution in [0.1, 0.15) is 43.5 Å². The molecule has 0 amide bonds. The second kappa shape index (κ2) is 8.76. The topological polar surface area (TPSA) is 61.8 Å². The van der Waals surface area contributed by atoms with E-state index >= 15 is 0 Å². The second-order valence-electron chi connectivity index (χ2n) is 5.97. The molecule has 2 rings (SSSR count). The van der Waals surface area contributed by atoms with Crippen LogP contribution < -0.4 is 0 Å². The molecule has 5 heteroatoms. The van der Waals surface area contributed by atoms with E-state index in [2.05, 4.69) is 6.58 Å². The molecule has 0 spiro atoms. The van der Waals surface area contributed by atoms with E-state index < -0.39 is 24.5 Å². The highest BCUT2D eigenvalue weighted by molar-refractivity contribution is 5.90. The third-order valence-electron chi connectivity index (χ3n) is 3.93. The normalized spacial score (nSPS) is 25.1. The van der Waals surface area contributed by atoms with E-state index in [-0.39, 0.29) is 18.3 Å². The minimum absolute atomic E-state index is 0.0958. The van der Waals surface area contributed by atoms with Crippen molar-refractivity contribution in [3.63, 3.8) is 0 Å². The predicted molar refractivity (Wildman–Crippen MR) is 89.6 cm³/mol. The molecule has 0 N–H and O–H groups in total. The van der Waals surface area contributed by atoms with Crippen LogP contribution in [-0.4, -0.2) is 36.4 Å². The monoisotopic (exact) mass is 332 g/mol. The Kier molecular flexibility index (Phi) is 6.70. The summed E-state index contributed by atoms with van der Waals surface area (Å²) in [5.74, 6) is -0.660. The lowest BCUT2D eigenvalue weighted by Crippen LogP contribution is -2.47. The highest BCUT2D eigenvalue weighted by atomic mass is 16.7. The Hall–Kier alpha value is -1.98. The molecule has 1 saturated heterocycles. The van der Waals surface area contributed by atoms with Crippen molar-refractivity contribution in [1.29, 1.82) is 0 Å².